The maximum Gasteiger partial charge on any atom is 0.165 e. The monoisotopic (exact) mass is 360 g/mol. The van der Waals surface area contributed by atoms with Crippen LogP contribution in [0.25, 0.3) is 0 Å². The van der Waals surface area contributed by atoms with Crippen LogP contribution < -0.4 is 10.5 Å². The number of aliphatic hydroxyl groups is 1. The third-order valence-electron chi connectivity index (χ3n) is 4.68. The van der Waals surface area contributed by atoms with E-state index < -0.39 is 11.9 Å². The average molecular weight is 360 g/mol. The summed E-state index contributed by atoms with van der Waals surface area (Å²) in [7, 11) is 3.72. The fourth-order valence-electron chi connectivity index (χ4n) is 3.24. The first kappa shape index (κ1) is 18.5. The lowest BCUT2D eigenvalue weighted by Gasteiger charge is -2.35. The molecule has 3 N–H and O–H groups in total. The Morgan fingerprint density at radius 1 is 1.27 bits per heavy atom. The number of hydrogen-bond acceptors (Lipinski definition) is 6. The molecule has 1 atom stereocenters. The molecule has 0 aliphatic heterocycles. The summed E-state index contributed by atoms with van der Waals surface area (Å²) in [5.74, 6) is 0.843. The lowest BCUT2D eigenvalue weighted by molar-refractivity contribution is 0.0813. The van der Waals surface area contributed by atoms with Crippen LogP contribution in [0.1, 0.15) is 35.9 Å². The molecule has 0 amide bonds. The second-order valence-corrected chi connectivity index (χ2v) is 7.15. The van der Waals surface area contributed by atoms with Gasteiger partial charge in [-0.1, -0.05) is 6.07 Å². The second kappa shape index (κ2) is 7.97. The Labute approximate surface area is 152 Å². The summed E-state index contributed by atoms with van der Waals surface area (Å²) in [6, 6.07) is 5.07. The van der Waals surface area contributed by atoms with Crippen molar-refractivity contribution < 1.29 is 14.2 Å². The second-order valence-electron chi connectivity index (χ2n) is 7.15. The fourth-order valence-corrected chi connectivity index (χ4v) is 3.24. The number of anilines is 1. The highest BCUT2D eigenvalue weighted by Crippen LogP contribution is 2.47. The number of nitrogen functional groups attached to an aromatic ring is 1. The van der Waals surface area contributed by atoms with E-state index in [1.54, 1.807) is 18.5 Å². The number of halogens is 1. The average Bonchev–Trinajstić information content (AvgIpc) is 2.54. The van der Waals surface area contributed by atoms with Gasteiger partial charge in [-0.05, 0) is 50.6 Å². The van der Waals surface area contributed by atoms with Crippen LogP contribution >= 0.6 is 0 Å². The lowest BCUT2D eigenvalue weighted by atomic mass is 9.70. The molecule has 3 rings (SSSR count). The van der Waals surface area contributed by atoms with Crippen molar-refractivity contribution in [3.05, 3.63) is 47.7 Å². The molecule has 1 heterocycles. The molecule has 0 spiro atoms. The summed E-state index contributed by atoms with van der Waals surface area (Å²) in [5, 5.41) is 9.81. The normalized spacial score (nSPS) is 20.7. The third kappa shape index (κ3) is 4.47. The highest BCUT2D eigenvalue weighted by Gasteiger charge is 2.33. The zero-order valence-electron chi connectivity index (χ0n) is 15.1. The number of rotatable bonds is 7. The molecule has 1 unspecified atom stereocenters. The van der Waals surface area contributed by atoms with Gasteiger partial charge in [0.25, 0.3) is 0 Å². The number of ether oxygens (including phenoxy) is 1. The maximum atomic E-state index is 14.3. The minimum absolute atomic E-state index is 0.0652. The molecule has 7 heteroatoms. The molecular weight excluding hydrogens is 335 g/mol. The molecule has 1 aromatic heterocycles. The van der Waals surface area contributed by atoms with Crippen LogP contribution in [0.15, 0.2) is 30.6 Å². The minimum atomic E-state index is -0.655. The molecule has 1 aliphatic rings. The van der Waals surface area contributed by atoms with Crippen LogP contribution in [0.5, 0.6) is 5.75 Å². The summed E-state index contributed by atoms with van der Waals surface area (Å²) in [5.41, 5.74) is 7.45. The van der Waals surface area contributed by atoms with Crippen LogP contribution in [0.3, 0.4) is 0 Å². The summed E-state index contributed by atoms with van der Waals surface area (Å²) in [4.78, 5) is 10.2. The molecule has 0 radical (unpaired) electrons. The number of aliphatic hydroxyl groups excluding tert-OH is 1. The quantitative estimate of drug-likeness (QED) is 0.787. The van der Waals surface area contributed by atoms with Gasteiger partial charge in [0, 0.05) is 12.5 Å². The van der Waals surface area contributed by atoms with Crippen molar-refractivity contribution >= 4 is 5.82 Å². The molecule has 26 heavy (non-hydrogen) atoms. The van der Waals surface area contributed by atoms with E-state index in [0.717, 1.165) is 24.1 Å². The van der Waals surface area contributed by atoms with E-state index in [1.807, 2.05) is 25.1 Å². The third-order valence-corrected chi connectivity index (χ3v) is 4.68. The highest BCUT2D eigenvalue weighted by molar-refractivity contribution is 5.34. The Kier molecular flexibility index (Phi) is 5.68. The SMILES string of the molecule is CN(C)CC(O)COc1ccc(C2CC(c3cnc(N)cn3)C2)cc1F. The smallest absolute Gasteiger partial charge is 0.165 e. The zero-order chi connectivity index (χ0) is 18.7. The van der Waals surface area contributed by atoms with Crippen LogP contribution in [-0.4, -0.2) is 53.3 Å². The van der Waals surface area contributed by atoms with E-state index >= 15 is 0 Å². The van der Waals surface area contributed by atoms with Crippen molar-refractivity contribution in [2.75, 3.05) is 33.0 Å². The topological polar surface area (TPSA) is 84.5 Å². The Hall–Kier alpha value is -2.25. The maximum absolute atomic E-state index is 14.3. The van der Waals surface area contributed by atoms with Crippen molar-refractivity contribution in [3.63, 3.8) is 0 Å². The molecule has 6 nitrogen and oxygen atoms in total. The molecule has 1 fully saturated rings. The summed E-state index contributed by atoms with van der Waals surface area (Å²) >= 11 is 0. The molecule has 140 valence electrons. The van der Waals surface area contributed by atoms with Gasteiger partial charge in [-0.25, -0.2) is 9.37 Å². The van der Waals surface area contributed by atoms with E-state index in [4.69, 9.17) is 10.5 Å². The minimum Gasteiger partial charge on any atom is -0.488 e. The van der Waals surface area contributed by atoms with Crippen molar-refractivity contribution in [2.24, 2.45) is 0 Å². The van der Waals surface area contributed by atoms with Crippen LogP contribution in [0, 0.1) is 5.82 Å². The van der Waals surface area contributed by atoms with E-state index in [-0.39, 0.29) is 12.4 Å². The predicted molar refractivity (Wildman–Crippen MR) is 97.6 cm³/mol. The van der Waals surface area contributed by atoms with Gasteiger partial charge in [-0.3, -0.25) is 4.98 Å². The Morgan fingerprint density at radius 2 is 2.04 bits per heavy atom. The Morgan fingerprint density at radius 3 is 2.65 bits per heavy atom. The number of likely N-dealkylation sites (N-methyl/N-ethyl adjacent to an activating group) is 1. The lowest BCUT2D eigenvalue weighted by Crippen LogP contribution is -2.30. The van der Waals surface area contributed by atoms with Gasteiger partial charge >= 0.3 is 0 Å². The molecule has 0 saturated heterocycles. The van der Waals surface area contributed by atoms with Crippen LogP contribution in [-0.2, 0) is 0 Å². The van der Waals surface area contributed by atoms with Gasteiger partial charge in [-0.2, -0.15) is 0 Å². The summed E-state index contributed by atoms with van der Waals surface area (Å²) in [6.07, 6.45) is 4.46. The number of aromatic nitrogens is 2. The molecule has 1 aromatic carbocycles. The van der Waals surface area contributed by atoms with Crippen LogP contribution in [0.2, 0.25) is 0 Å². The van der Waals surface area contributed by atoms with Gasteiger partial charge in [-0.15, -0.1) is 0 Å². The Bertz CT molecular complexity index is 733. The Balaban J connectivity index is 1.54. The molecule has 1 aliphatic carbocycles. The zero-order valence-corrected chi connectivity index (χ0v) is 15.1. The highest BCUT2D eigenvalue weighted by atomic mass is 19.1. The first-order valence-corrected chi connectivity index (χ1v) is 8.75. The van der Waals surface area contributed by atoms with Gasteiger partial charge < -0.3 is 20.5 Å². The largest absolute Gasteiger partial charge is 0.488 e. The number of hydrogen-bond donors (Lipinski definition) is 2. The summed E-state index contributed by atoms with van der Waals surface area (Å²) in [6.45, 7) is 0.535. The fraction of sp³-hybridized carbons (Fsp3) is 0.474. The van der Waals surface area contributed by atoms with E-state index in [9.17, 15) is 9.50 Å². The predicted octanol–water partition coefficient (Wildman–Crippen LogP) is 2.16. The molecule has 2 aromatic rings. The summed E-state index contributed by atoms with van der Waals surface area (Å²) < 4.78 is 19.7. The number of nitrogens with two attached hydrogens (primary N) is 1. The van der Waals surface area contributed by atoms with Crippen molar-refractivity contribution in [3.8, 4) is 5.75 Å². The molecule has 1 saturated carbocycles. The molecular formula is C19H25FN4O2. The van der Waals surface area contributed by atoms with E-state index in [1.165, 1.54) is 6.07 Å². The van der Waals surface area contributed by atoms with Gasteiger partial charge in [0.2, 0.25) is 0 Å². The van der Waals surface area contributed by atoms with Gasteiger partial charge in [0.1, 0.15) is 18.5 Å². The van der Waals surface area contributed by atoms with Crippen molar-refractivity contribution in [1.82, 2.24) is 14.9 Å². The number of nitrogens with zero attached hydrogens (tertiary/aromatic N) is 3. The van der Waals surface area contributed by atoms with Gasteiger partial charge in [0.15, 0.2) is 11.6 Å². The van der Waals surface area contributed by atoms with E-state index in [2.05, 4.69) is 9.97 Å². The number of benzene rings is 1. The standard InChI is InChI=1S/C19H25FN4O2/c1-24(2)10-15(25)11-26-18-4-3-12(7-16(18)20)13-5-14(6-13)17-8-23-19(21)9-22-17/h3-4,7-9,13-15,25H,5-6,10-11H2,1-2H3,(H2,21,23). The van der Waals surface area contributed by atoms with Crippen molar-refractivity contribution in [2.45, 2.75) is 30.8 Å². The van der Waals surface area contributed by atoms with Crippen LogP contribution in [0.4, 0.5) is 10.2 Å². The molecule has 0 bridgehead atoms. The van der Waals surface area contributed by atoms with E-state index in [0.29, 0.717) is 24.2 Å². The van der Waals surface area contributed by atoms with Crippen molar-refractivity contribution in [1.29, 1.82) is 0 Å². The first-order valence-electron chi connectivity index (χ1n) is 8.75. The first-order chi connectivity index (χ1) is 12.4. The van der Waals surface area contributed by atoms with Gasteiger partial charge in [0.05, 0.1) is 18.1 Å².